The molecule has 0 unspecified atom stereocenters. The molecule has 3 heterocycles. The van der Waals surface area contributed by atoms with Crippen LogP contribution in [0.5, 0.6) is 0 Å². The summed E-state index contributed by atoms with van der Waals surface area (Å²) in [6.45, 7) is 2.47. The van der Waals surface area contributed by atoms with Gasteiger partial charge in [-0.25, -0.2) is 0 Å². The molecule has 0 fully saturated rings. The fraction of sp³-hybridized carbons (Fsp3) is 0.100. The summed E-state index contributed by atoms with van der Waals surface area (Å²) < 4.78 is 1.86. The van der Waals surface area contributed by atoms with E-state index in [0.717, 1.165) is 21.5 Å². The van der Waals surface area contributed by atoms with Crippen molar-refractivity contribution in [3.05, 3.63) is 81.6 Å². The summed E-state index contributed by atoms with van der Waals surface area (Å²) in [5, 5.41) is 6.15. The van der Waals surface area contributed by atoms with E-state index in [-0.39, 0.29) is 5.69 Å². The molecule has 1 aromatic carbocycles. The van der Waals surface area contributed by atoms with Gasteiger partial charge in [0.2, 0.25) is 0 Å². The molecule has 3 aromatic heterocycles. The summed E-state index contributed by atoms with van der Waals surface area (Å²) in [6.07, 6.45) is 1.51. The Labute approximate surface area is 175 Å². The van der Waals surface area contributed by atoms with Crippen molar-refractivity contribution in [3.63, 3.8) is 0 Å². The summed E-state index contributed by atoms with van der Waals surface area (Å²) in [4.78, 5) is 29.8. The molecule has 4 aromatic rings. The molecule has 0 aliphatic rings. The Hall–Kier alpha value is -3.23. The lowest BCUT2D eigenvalue weighted by Gasteiger charge is -2.05. The highest BCUT2D eigenvalue weighted by atomic mass is 35.5. The molecule has 0 bridgehead atoms. The Morgan fingerprint density at radius 1 is 1.10 bits per heavy atom. The highest BCUT2D eigenvalue weighted by Gasteiger charge is 2.17. The number of carbonyl (C=O) groups excluding carboxylic acids is 2. The molecule has 0 saturated carbocycles. The van der Waals surface area contributed by atoms with Gasteiger partial charge in [-0.1, -0.05) is 29.8 Å². The largest absolute Gasteiger partial charge is 0.288 e. The number of halogens is 1. The van der Waals surface area contributed by atoms with Crippen molar-refractivity contribution in [2.75, 3.05) is 0 Å². The second-order valence-corrected chi connectivity index (χ2v) is 7.79. The molecular formula is C20H16ClN5O2S. The number of rotatable bonds is 4. The third-order valence-electron chi connectivity index (χ3n) is 4.26. The van der Waals surface area contributed by atoms with Gasteiger partial charge in [0.1, 0.15) is 10.5 Å². The minimum absolute atomic E-state index is 0.221. The molecule has 0 atom stereocenters. The lowest BCUT2D eigenvalue weighted by molar-refractivity contribution is 0.0846. The average molecular weight is 426 g/mol. The second kappa shape index (κ2) is 8.02. The summed E-state index contributed by atoms with van der Waals surface area (Å²) in [7, 11) is 0. The lowest BCUT2D eigenvalue weighted by Crippen LogP contribution is -2.41. The number of carbonyl (C=O) groups is 2. The van der Waals surface area contributed by atoms with Crippen LogP contribution in [-0.4, -0.2) is 26.6 Å². The van der Waals surface area contributed by atoms with Crippen molar-refractivity contribution in [2.45, 2.75) is 13.5 Å². The van der Waals surface area contributed by atoms with E-state index in [1.807, 2.05) is 35.9 Å². The third-order valence-corrected chi connectivity index (χ3v) is 5.66. The van der Waals surface area contributed by atoms with Crippen LogP contribution in [0, 0.1) is 6.92 Å². The SMILES string of the molecule is Cc1nn(Cc2ccc(Cl)cc2)c2sc(C(=O)NNC(=O)c3ccccn3)cc12. The first-order valence-corrected chi connectivity index (χ1v) is 9.94. The lowest BCUT2D eigenvalue weighted by atomic mass is 10.2. The van der Waals surface area contributed by atoms with Crippen LogP contribution in [0.3, 0.4) is 0 Å². The Kier molecular flexibility index (Phi) is 5.28. The smallest absolute Gasteiger partial charge is 0.266 e. The Morgan fingerprint density at radius 3 is 2.59 bits per heavy atom. The van der Waals surface area contributed by atoms with Crippen LogP contribution in [0.15, 0.2) is 54.7 Å². The van der Waals surface area contributed by atoms with Crippen molar-refractivity contribution in [1.29, 1.82) is 0 Å². The predicted molar refractivity (Wildman–Crippen MR) is 112 cm³/mol. The minimum Gasteiger partial charge on any atom is -0.266 e. The number of thiophene rings is 1. The van der Waals surface area contributed by atoms with Gasteiger partial charge in [0.05, 0.1) is 17.1 Å². The molecule has 0 aliphatic carbocycles. The fourth-order valence-electron chi connectivity index (χ4n) is 2.83. The summed E-state index contributed by atoms with van der Waals surface area (Å²) in [5.74, 6) is -0.877. The molecule has 146 valence electrons. The third kappa shape index (κ3) is 4.13. The monoisotopic (exact) mass is 425 g/mol. The molecule has 29 heavy (non-hydrogen) atoms. The van der Waals surface area contributed by atoms with Crippen molar-refractivity contribution in [3.8, 4) is 0 Å². The Balaban J connectivity index is 1.50. The number of hydrazine groups is 1. The zero-order chi connectivity index (χ0) is 20.4. The van der Waals surface area contributed by atoms with Crippen molar-refractivity contribution < 1.29 is 9.59 Å². The van der Waals surface area contributed by atoms with Crippen LogP contribution in [0.1, 0.15) is 31.4 Å². The number of fused-ring (bicyclic) bond motifs is 1. The van der Waals surface area contributed by atoms with E-state index in [1.54, 1.807) is 24.3 Å². The van der Waals surface area contributed by atoms with E-state index in [9.17, 15) is 9.59 Å². The maximum atomic E-state index is 12.5. The van der Waals surface area contributed by atoms with Crippen LogP contribution in [0.25, 0.3) is 10.2 Å². The quantitative estimate of drug-likeness (QED) is 0.489. The highest BCUT2D eigenvalue weighted by molar-refractivity contribution is 7.20. The Bertz CT molecular complexity index is 1190. The van der Waals surface area contributed by atoms with Crippen LogP contribution >= 0.6 is 22.9 Å². The van der Waals surface area contributed by atoms with Crippen LogP contribution < -0.4 is 10.9 Å². The van der Waals surface area contributed by atoms with E-state index in [4.69, 9.17) is 11.6 Å². The molecule has 4 rings (SSSR count). The van der Waals surface area contributed by atoms with Gasteiger partial charge < -0.3 is 0 Å². The Morgan fingerprint density at radius 2 is 1.86 bits per heavy atom. The molecule has 2 N–H and O–H groups in total. The first-order chi connectivity index (χ1) is 14.0. The molecule has 9 heteroatoms. The molecule has 0 saturated heterocycles. The van der Waals surface area contributed by atoms with E-state index < -0.39 is 11.8 Å². The normalized spacial score (nSPS) is 10.8. The molecule has 7 nitrogen and oxygen atoms in total. The van der Waals surface area contributed by atoms with Gasteiger partial charge in [-0.15, -0.1) is 11.3 Å². The standard InChI is InChI=1S/C20H16ClN5O2S/c1-12-15-10-17(19(28)24-23-18(27)16-4-2-3-9-22-16)29-20(15)26(25-12)11-13-5-7-14(21)8-6-13/h2-10H,11H2,1H3,(H,23,27)(H,24,28). The van der Waals surface area contributed by atoms with Crippen molar-refractivity contribution >= 4 is 45.0 Å². The molecule has 2 amide bonds. The number of nitrogens with zero attached hydrogens (tertiary/aromatic N) is 3. The summed E-state index contributed by atoms with van der Waals surface area (Å²) in [6, 6.07) is 14.3. The molecule has 0 spiro atoms. The predicted octanol–water partition coefficient (Wildman–Crippen LogP) is 3.58. The van der Waals surface area contributed by atoms with Crippen LogP contribution in [0.2, 0.25) is 5.02 Å². The van der Waals surface area contributed by atoms with Gasteiger partial charge in [-0.2, -0.15) is 5.10 Å². The average Bonchev–Trinajstić information content (AvgIpc) is 3.30. The first-order valence-electron chi connectivity index (χ1n) is 8.74. The van der Waals surface area contributed by atoms with Gasteiger partial charge in [0.25, 0.3) is 11.8 Å². The van der Waals surface area contributed by atoms with E-state index in [2.05, 4.69) is 20.9 Å². The highest BCUT2D eigenvalue weighted by Crippen LogP contribution is 2.29. The van der Waals surface area contributed by atoms with Crippen molar-refractivity contribution in [1.82, 2.24) is 25.6 Å². The van der Waals surface area contributed by atoms with E-state index in [0.29, 0.717) is 16.4 Å². The number of aryl methyl sites for hydroxylation is 1. The van der Waals surface area contributed by atoms with Gasteiger partial charge in [-0.3, -0.25) is 30.1 Å². The number of aromatic nitrogens is 3. The van der Waals surface area contributed by atoms with Gasteiger partial charge in [0.15, 0.2) is 0 Å². The fourth-order valence-corrected chi connectivity index (χ4v) is 4.01. The number of hydrogen-bond acceptors (Lipinski definition) is 5. The second-order valence-electron chi connectivity index (χ2n) is 6.32. The van der Waals surface area contributed by atoms with Gasteiger partial charge in [-0.05, 0) is 42.8 Å². The summed E-state index contributed by atoms with van der Waals surface area (Å²) in [5.41, 5.74) is 6.92. The van der Waals surface area contributed by atoms with Crippen LogP contribution in [-0.2, 0) is 6.54 Å². The number of nitrogens with one attached hydrogen (secondary N) is 2. The number of hydrogen-bond donors (Lipinski definition) is 2. The maximum absolute atomic E-state index is 12.5. The number of amides is 2. The zero-order valence-electron chi connectivity index (χ0n) is 15.3. The molecule has 0 radical (unpaired) electrons. The van der Waals surface area contributed by atoms with E-state index in [1.165, 1.54) is 17.5 Å². The topological polar surface area (TPSA) is 88.9 Å². The van der Waals surface area contributed by atoms with Crippen LogP contribution in [0.4, 0.5) is 0 Å². The first kappa shape index (κ1) is 19.1. The zero-order valence-corrected chi connectivity index (χ0v) is 16.9. The van der Waals surface area contributed by atoms with Gasteiger partial charge >= 0.3 is 0 Å². The number of benzene rings is 1. The number of pyridine rings is 1. The van der Waals surface area contributed by atoms with E-state index >= 15 is 0 Å². The van der Waals surface area contributed by atoms with Crippen molar-refractivity contribution in [2.24, 2.45) is 0 Å². The maximum Gasteiger partial charge on any atom is 0.288 e. The molecular weight excluding hydrogens is 410 g/mol. The van der Waals surface area contributed by atoms with Gasteiger partial charge in [0, 0.05) is 16.6 Å². The minimum atomic E-state index is -0.481. The summed E-state index contributed by atoms with van der Waals surface area (Å²) >= 11 is 7.26. The molecule has 0 aliphatic heterocycles.